The van der Waals surface area contributed by atoms with Gasteiger partial charge in [-0.15, -0.1) is 0 Å². The molecular weight excluding hydrogens is 244 g/mol. The number of benzene rings is 1. The van der Waals surface area contributed by atoms with Crippen LogP contribution in [-0.2, 0) is 4.79 Å². The van der Waals surface area contributed by atoms with Crippen molar-refractivity contribution in [2.75, 3.05) is 0 Å². The van der Waals surface area contributed by atoms with Gasteiger partial charge in [0.05, 0.1) is 0 Å². The molecule has 2 aliphatic rings. The van der Waals surface area contributed by atoms with Gasteiger partial charge < -0.3 is 5.32 Å². The van der Waals surface area contributed by atoms with Gasteiger partial charge in [0.1, 0.15) is 11.8 Å². The first kappa shape index (κ1) is 11.9. The highest BCUT2D eigenvalue weighted by Gasteiger charge is 2.55. The van der Waals surface area contributed by atoms with Crippen molar-refractivity contribution >= 4 is 18.2 Å². The van der Waals surface area contributed by atoms with Crippen molar-refractivity contribution in [3.8, 4) is 0 Å². The monoisotopic (exact) mass is 258 g/mol. The summed E-state index contributed by atoms with van der Waals surface area (Å²) < 4.78 is 0. The Bertz CT molecular complexity index is 570. The third-order valence-electron chi connectivity index (χ3n) is 4.13. The predicted octanol–water partition coefficient (Wildman–Crippen LogP) is 1.34. The summed E-state index contributed by atoms with van der Waals surface area (Å²) >= 11 is 0. The van der Waals surface area contributed by atoms with Gasteiger partial charge in [0.2, 0.25) is 0 Å². The van der Waals surface area contributed by atoms with Gasteiger partial charge in [0, 0.05) is 11.5 Å². The largest absolute Gasteiger partial charge is 0.323 e. The molecule has 3 amide bonds. The van der Waals surface area contributed by atoms with Gasteiger partial charge in [-0.2, -0.15) is 0 Å². The van der Waals surface area contributed by atoms with E-state index in [1.807, 2.05) is 12.1 Å². The Hall–Kier alpha value is -2.17. The number of amides is 3. The van der Waals surface area contributed by atoms with E-state index in [4.69, 9.17) is 0 Å². The van der Waals surface area contributed by atoms with Crippen molar-refractivity contribution < 1.29 is 14.4 Å². The minimum Gasteiger partial charge on any atom is -0.323 e. The van der Waals surface area contributed by atoms with Gasteiger partial charge in [-0.25, -0.2) is 4.79 Å². The van der Waals surface area contributed by atoms with E-state index in [-0.39, 0.29) is 11.8 Å². The molecule has 0 radical (unpaired) electrons. The fourth-order valence-corrected chi connectivity index (χ4v) is 3.29. The maximum Gasteiger partial charge on any atom is 0.322 e. The molecule has 2 atom stereocenters. The lowest BCUT2D eigenvalue weighted by atomic mass is 9.80. The van der Waals surface area contributed by atoms with Gasteiger partial charge in [0.25, 0.3) is 5.91 Å². The van der Waals surface area contributed by atoms with E-state index in [9.17, 15) is 14.4 Å². The summed E-state index contributed by atoms with van der Waals surface area (Å²) in [6.07, 6.45) is 3.06. The molecule has 3 rings (SSSR count). The molecule has 1 aromatic rings. The lowest BCUT2D eigenvalue weighted by Gasteiger charge is -2.29. The standard InChI is InChI=1S/C14H14N2O3/c17-8-9-4-1-2-5-10(9)11-6-3-7-14(11)12(18)15-13(19)16-14/h1-2,4-5,8,11H,3,6-7H2,(H2,15,16,18,19)/t11-,14?/m1/s1. The highest BCUT2D eigenvalue weighted by Crippen LogP contribution is 2.45. The second kappa shape index (κ2) is 4.19. The van der Waals surface area contributed by atoms with Crippen LogP contribution in [0.4, 0.5) is 4.79 Å². The molecule has 1 unspecified atom stereocenters. The van der Waals surface area contributed by atoms with Gasteiger partial charge >= 0.3 is 6.03 Å². The molecular formula is C14H14N2O3. The summed E-state index contributed by atoms with van der Waals surface area (Å²) in [7, 11) is 0. The molecule has 1 aliphatic heterocycles. The maximum absolute atomic E-state index is 12.1. The third kappa shape index (κ3) is 1.65. The van der Waals surface area contributed by atoms with E-state index in [1.165, 1.54) is 0 Å². The van der Waals surface area contributed by atoms with Crippen molar-refractivity contribution in [1.82, 2.24) is 10.6 Å². The normalized spacial score (nSPS) is 29.4. The number of urea groups is 1. The van der Waals surface area contributed by atoms with E-state index >= 15 is 0 Å². The summed E-state index contributed by atoms with van der Waals surface area (Å²) in [6.45, 7) is 0. The molecule has 19 heavy (non-hydrogen) atoms. The van der Waals surface area contributed by atoms with E-state index in [2.05, 4.69) is 10.6 Å². The van der Waals surface area contributed by atoms with Gasteiger partial charge in [0.15, 0.2) is 0 Å². The molecule has 0 aromatic heterocycles. The van der Waals surface area contributed by atoms with Crippen molar-refractivity contribution in [3.05, 3.63) is 35.4 Å². The highest BCUT2D eigenvalue weighted by atomic mass is 16.2. The Morgan fingerprint density at radius 3 is 2.74 bits per heavy atom. The zero-order valence-corrected chi connectivity index (χ0v) is 10.3. The summed E-state index contributed by atoms with van der Waals surface area (Å²) in [6, 6.07) is 6.80. The average Bonchev–Trinajstić information content (AvgIpc) is 2.94. The quantitative estimate of drug-likeness (QED) is 0.621. The molecule has 1 heterocycles. The van der Waals surface area contributed by atoms with Gasteiger partial charge in [-0.1, -0.05) is 24.3 Å². The number of hydrogen-bond acceptors (Lipinski definition) is 3. The zero-order chi connectivity index (χ0) is 13.5. The summed E-state index contributed by atoms with van der Waals surface area (Å²) in [5, 5.41) is 5.07. The molecule has 2 N–H and O–H groups in total. The van der Waals surface area contributed by atoms with E-state index in [0.29, 0.717) is 12.0 Å². The van der Waals surface area contributed by atoms with Gasteiger partial charge in [-0.3, -0.25) is 14.9 Å². The smallest absolute Gasteiger partial charge is 0.322 e. The minimum atomic E-state index is -0.879. The Labute approximate surface area is 110 Å². The molecule has 0 bridgehead atoms. The van der Waals surface area contributed by atoms with Crippen molar-refractivity contribution in [3.63, 3.8) is 0 Å². The molecule has 1 spiro atoms. The summed E-state index contributed by atoms with van der Waals surface area (Å²) in [5.74, 6) is -0.416. The summed E-state index contributed by atoms with van der Waals surface area (Å²) in [4.78, 5) is 34.7. The predicted molar refractivity (Wildman–Crippen MR) is 67.8 cm³/mol. The second-order valence-corrected chi connectivity index (χ2v) is 5.07. The first-order valence-electron chi connectivity index (χ1n) is 6.35. The second-order valence-electron chi connectivity index (χ2n) is 5.07. The fraction of sp³-hybridized carbons (Fsp3) is 0.357. The molecule has 2 fully saturated rings. The maximum atomic E-state index is 12.1. The van der Waals surface area contributed by atoms with Crippen LogP contribution < -0.4 is 10.6 Å². The first-order chi connectivity index (χ1) is 9.17. The Balaban J connectivity index is 2.07. The van der Waals surface area contributed by atoms with Crippen molar-refractivity contribution in [2.24, 2.45) is 0 Å². The molecule has 1 aromatic carbocycles. The first-order valence-corrected chi connectivity index (χ1v) is 6.35. The Morgan fingerprint density at radius 1 is 1.26 bits per heavy atom. The number of aldehydes is 1. The Morgan fingerprint density at radius 2 is 2.05 bits per heavy atom. The van der Waals surface area contributed by atoms with Crippen molar-refractivity contribution in [2.45, 2.75) is 30.7 Å². The molecule has 1 saturated carbocycles. The average molecular weight is 258 g/mol. The molecule has 5 nitrogen and oxygen atoms in total. The van der Waals surface area contributed by atoms with Crippen LogP contribution in [0.15, 0.2) is 24.3 Å². The molecule has 1 saturated heterocycles. The van der Waals surface area contributed by atoms with Crippen molar-refractivity contribution in [1.29, 1.82) is 0 Å². The fourth-order valence-electron chi connectivity index (χ4n) is 3.29. The van der Waals surface area contributed by atoms with Gasteiger partial charge in [-0.05, 0) is 24.8 Å². The lowest BCUT2D eigenvalue weighted by molar-refractivity contribution is -0.124. The number of carbonyl (C=O) groups is 3. The minimum absolute atomic E-state index is 0.139. The molecule has 5 heteroatoms. The highest BCUT2D eigenvalue weighted by molar-refractivity contribution is 6.08. The van der Waals surface area contributed by atoms with Crippen LogP contribution in [0.1, 0.15) is 41.1 Å². The van der Waals surface area contributed by atoms with Crippen LogP contribution in [-0.4, -0.2) is 23.8 Å². The van der Waals surface area contributed by atoms with Crippen LogP contribution >= 0.6 is 0 Å². The van der Waals surface area contributed by atoms with E-state index < -0.39 is 11.6 Å². The van der Waals surface area contributed by atoms with E-state index in [0.717, 1.165) is 24.7 Å². The zero-order valence-electron chi connectivity index (χ0n) is 10.3. The molecule has 1 aliphatic carbocycles. The van der Waals surface area contributed by atoms with Crippen LogP contribution in [0.25, 0.3) is 0 Å². The lowest BCUT2D eigenvalue weighted by Crippen LogP contribution is -2.48. The van der Waals surface area contributed by atoms with Crippen LogP contribution in [0.3, 0.4) is 0 Å². The number of hydrogen-bond donors (Lipinski definition) is 2. The van der Waals surface area contributed by atoms with Crippen LogP contribution in [0.5, 0.6) is 0 Å². The molecule has 98 valence electrons. The number of carbonyl (C=O) groups excluding carboxylic acids is 3. The number of nitrogens with one attached hydrogen (secondary N) is 2. The number of rotatable bonds is 2. The topological polar surface area (TPSA) is 75.3 Å². The SMILES string of the molecule is O=Cc1ccccc1[C@H]1CCCC12NC(=O)NC2=O. The summed E-state index contributed by atoms with van der Waals surface area (Å²) in [5.41, 5.74) is 0.547. The number of imide groups is 1. The van der Waals surface area contributed by atoms with Crippen LogP contribution in [0.2, 0.25) is 0 Å². The van der Waals surface area contributed by atoms with Crippen LogP contribution in [0, 0.1) is 0 Å². The third-order valence-corrected chi connectivity index (χ3v) is 4.13. The van der Waals surface area contributed by atoms with E-state index in [1.54, 1.807) is 12.1 Å². The Kier molecular flexibility index (Phi) is 2.62.